The number of aliphatic hydroxyl groups excluding tert-OH is 1. The zero-order valence-corrected chi connectivity index (χ0v) is 15.0. The first kappa shape index (κ1) is 17.9. The molecule has 0 saturated carbocycles. The van der Waals surface area contributed by atoms with E-state index >= 15 is 0 Å². The van der Waals surface area contributed by atoms with Crippen LogP contribution in [0.2, 0.25) is 5.02 Å². The van der Waals surface area contributed by atoms with Gasteiger partial charge in [0.05, 0.1) is 11.0 Å². The third kappa shape index (κ3) is 4.19. The molecule has 0 spiro atoms. The van der Waals surface area contributed by atoms with E-state index in [1.807, 2.05) is 42.5 Å². The molecular weight excluding hydrogens is 358 g/mol. The lowest BCUT2D eigenvalue weighted by atomic mass is 9.99. The van der Waals surface area contributed by atoms with Crippen LogP contribution < -0.4 is 4.72 Å². The van der Waals surface area contributed by atoms with Gasteiger partial charge in [-0.1, -0.05) is 54.1 Å². The number of aliphatic hydroxyl groups is 1. The van der Waals surface area contributed by atoms with E-state index in [1.54, 1.807) is 0 Å². The maximum absolute atomic E-state index is 12.2. The molecule has 0 heterocycles. The summed E-state index contributed by atoms with van der Waals surface area (Å²) in [5.74, 6) is 0. The average Bonchev–Trinajstić information content (AvgIpc) is 2.61. The van der Waals surface area contributed by atoms with E-state index in [2.05, 4.69) is 4.72 Å². The quantitative estimate of drug-likeness (QED) is 0.686. The molecule has 0 aliphatic heterocycles. The summed E-state index contributed by atoms with van der Waals surface area (Å²) >= 11 is 5.77. The predicted octanol–water partition coefficient (Wildman–Crippen LogP) is 3.90. The Morgan fingerprint density at radius 2 is 1.64 bits per heavy atom. The molecule has 0 radical (unpaired) electrons. The van der Waals surface area contributed by atoms with Gasteiger partial charge in [-0.15, -0.1) is 0 Å². The lowest BCUT2D eigenvalue weighted by molar-refractivity contribution is 0.170. The molecule has 25 heavy (non-hydrogen) atoms. The van der Waals surface area contributed by atoms with Gasteiger partial charge >= 0.3 is 0 Å². The van der Waals surface area contributed by atoms with Gasteiger partial charge in [-0.25, -0.2) is 13.1 Å². The molecule has 6 heteroatoms. The van der Waals surface area contributed by atoms with Gasteiger partial charge in [0.15, 0.2) is 0 Å². The lowest BCUT2D eigenvalue weighted by Crippen LogP contribution is -2.26. The van der Waals surface area contributed by atoms with Crippen molar-refractivity contribution in [2.75, 3.05) is 6.54 Å². The number of halogens is 1. The molecule has 0 saturated heterocycles. The zero-order chi connectivity index (χ0) is 17.9. The van der Waals surface area contributed by atoms with Crippen molar-refractivity contribution in [2.45, 2.75) is 17.4 Å². The van der Waals surface area contributed by atoms with Gasteiger partial charge in [0.25, 0.3) is 0 Å². The van der Waals surface area contributed by atoms with Crippen molar-refractivity contribution in [3.05, 3.63) is 77.3 Å². The van der Waals surface area contributed by atoms with Gasteiger partial charge in [-0.3, -0.25) is 0 Å². The Bertz CT molecular complexity index is 966. The van der Waals surface area contributed by atoms with Crippen LogP contribution in [0.25, 0.3) is 10.8 Å². The Kier molecular flexibility index (Phi) is 5.39. The molecule has 3 aromatic carbocycles. The SMILES string of the molecule is O=S(=O)(NCCC(O)c1cccc2ccccc12)c1ccc(Cl)cc1. The summed E-state index contributed by atoms with van der Waals surface area (Å²) in [5.41, 5.74) is 0.795. The summed E-state index contributed by atoms with van der Waals surface area (Å²) in [6.45, 7) is 0.134. The molecule has 0 aliphatic rings. The highest BCUT2D eigenvalue weighted by atomic mass is 35.5. The minimum absolute atomic E-state index is 0.134. The molecule has 2 N–H and O–H groups in total. The van der Waals surface area contributed by atoms with E-state index in [0.29, 0.717) is 5.02 Å². The lowest BCUT2D eigenvalue weighted by Gasteiger charge is -2.14. The molecule has 3 rings (SSSR count). The Morgan fingerprint density at radius 1 is 0.960 bits per heavy atom. The normalized spacial score (nSPS) is 13.0. The van der Waals surface area contributed by atoms with E-state index in [9.17, 15) is 13.5 Å². The smallest absolute Gasteiger partial charge is 0.240 e. The second-order valence-electron chi connectivity index (χ2n) is 5.72. The molecule has 0 amide bonds. The second kappa shape index (κ2) is 7.54. The first-order valence-corrected chi connectivity index (χ1v) is 9.74. The summed E-state index contributed by atoms with van der Waals surface area (Å²) in [6.07, 6.45) is -0.472. The van der Waals surface area contributed by atoms with Crippen molar-refractivity contribution >= 4 is 32.4 Å². The topological polar surface area (TPSA) is 66.4 Å². The van der Waals surface area contributed by atoms with Crippen LogP contribution in [0.4, 0.5) is 0 Å². The van der Waals surface area contributed by atoms with Crippen LogP contribution in [0.3, 0.4) is 0 Å². The van der Waals surface area contributed by atoms with Crippen LogP contribution in [0.5, 0.6) is 0 Å². The number of benzene rings is 3. The number of fused-ring (bicyclic) bond motifs is 1. The van der Waals surface area contributed by atoms with Gasteiger partial charge in [0.2, 0.25) is 10.0 Å². The standard InChI is InChI=1S/C19H18ClNO3S/c20-15-8-10-16(11-9-15)25(23,24)21-13-12-19(22)18-7-3-5-14-4-1-2-6-17(14)18/h1-11,19,21-22H,12-13H2. The minimum atomic E-state index is -3.62. The van der Waals surface area contributed by atoms with E-state index in [0.717, 1.165) is 16.3 Å². The number of sulfonamides is 1. The Morgan fingerprint density at radius 3 is 2.40 bits per heavy atom. The summed E-state index contributed by atoms with van der Waals surface area (Å²) in [5, 5.41) is 13.0. The first-order valence-electron chi connectivity index (χ1n) is 7.88. The van der Waals surface area contributed by atoms with Crippen LogP contribution in [0.15, 0.2) is 71.6 Å². The molecule has 0 aliphatic carbocycles. The van der Waals surface area contributed by atoms with Gasteiger partial charge in [0.1, 0.15) is 0 Å². The highest BCUT2D eigenvalue weighted by molar-refractivity contribution is 7.89. The number of hydrogen-bond acceptors (Lipinski definition) is 3. The van der Waals surface area contributed by atoms with Crippen LogP contribution >= 0.6 is 11.6 Å². The number of hydrogen-bond donors (Lipinski definition) is 2. The third-order valence-corrected chi connectivity index (χ3v) is 5.75. The number of nitrogens with one attached hydrogen (secondary N) is 1. The minimum Gasteiger partial charge on any atom is -0.388 e. The Balaban J connectivity index is 1.68. The molecule has 0 fully saturated rings. The largest absolute Gasteiger partial charge is 0.388 e. The maximum Gasteiger partial charge on any atom is 0.240 e. The van der Waals surface area contributed by atoms with Gasteiger partial charge in [-0.05, 0) is 47.0 Å². The van der Waals surface area contributed by atoms with Gasteiger partial charge < -0.3 is 5.11 Å². The van der Waals surface area contributed by atoms with Crippen LogP contribution in [-0.2, 0) is 10.0 Å². The van der Waals surface area contributed by atoms with Crippen molar-refractivity contribution in [1.82, 2.24) is 4.72 Å². The van der Waals surface area contributed by atoms with Crippen molar-refractivity contribution in [3.63, 3.8) is 0 Å². The molecule has 1 unspecified atom stereocenters. The van der Waals surface area contributed by atoms with Gasteiger partial charge in [0, 0.05) is 11.6 Å². The van der Waals surface area contributed by atoms with E-state index < -0.39 is 16.1 Å². The molecule has 4 nitrogen and oxygen atoms in total. The van der Waals surface area contributed by atoms with E-state index in [-0.39, 0.29) is 17.9 Å². The van der Waals surface area contributed by atoms with Crippen LogP contribution in [0, 0.1) is 0 Å². The second-order valence-corrected chi connectivity index (χ2v) is 7.93. The average molecular weight is 376 g/mol. The highest BCUT2D eigenvalue weighted by Gasteiger charge is 2.16. The monoisotopic (exact) mass is 375 g/mol. The van der Waals surface area contributed by atoms with Crippen molar-refractivity contribution < 1.29 is 13.5 Å². The highest BCUT2D eigenvalue weighted by Crippen LogP contribution is 2.26. The third-order valence-electron chi connectivity index (χ3n) is 4.02. The Hall–Kier alpha value is -1.92. The fraction of sp³-hybridized carbons (Fsp3) is 0.158. The molecule has 0 aromatic heterocycles. The zero-order valence-electron chi connectivity index (χ0n) is 13.4. The van der Waals surface area contributed by atoms with Crippen LogP contribution in [-0.4, -0.2) is 20.1 Å². The predicted molar refractivity (Wildman–Crippen MR) is 100 cm³/mol. The van der Waals surface area contributed by atoms with E-state index in [4.69, 9.17) is 11.6 Å². The van der Waals surface area contributed by atoms with Crippen molar-refractivity contribution in [2.24, 2.45) is 0 Å². The van der Waals surface area contributed by atoms with Crippen molar-refractivity contribution in [1.29, 1.82) is 0 Å². The fourth-order valence-electron chi connectivity index (χ4n) is 2.72. The molecular formula is C19H18ClNO3S. The molecule has 130 valence electrons. The summed E-state index contributed by atoms with van der Waals surface area (Å²) in [7, 11) is -3.62. The Labute approximate surface area is 152 Å². The fourth-order valence-corrected chi connectivity index (χ4v) is 3.90. The summed E-state index contributed by atoms with van der Waals surface area (Å²) in [4.78, 5) is 0.150. The first-order chi connectivity index (χ1) is 12.0. The molecule has 1 atom stereocenters. The molecule has 3 aromatic rings. The molecule has 0 bridgehead atoms. The maximum atomic E-state index is 12.2. The van der Waals surface area contributed by atoms with E-state index in [1.165, 1.54) is 24.3 Å². The van der Waals surface area contributed by atoms with Crippen LogP contribution in [0.1, 0.15) is 18.1 Å². The van der Waals surface area contributed by atoms with Gasteiger partial charge in [-0.2, -0.15) is 0 Å². The summed E-state index contributed by atoms with van der Waals surface area (Å²) < 4.78 is 27.0. The van der Waals surface area contributed by atoms with Crippen molar-refractivity contribution in [3.8, 4) is 0 Å². The summed E-state index contributed by atoms with van der Waals surface area (Å²) in [6, 6.07) is 19.5. The number of rotatable bonds is 6.